The van der Waals surface area contributed by atoms with Crippen LogP contribution in [0.1, 0.15) is 278 Å². The number of benzene rings is 2. The second kappa shape index (κ2) is 37.2. The number of rotatable bonds is 46. The Morgan fingerprint density at radius 1 is 0.421 bits per heavy atom. The fraction of sp³-hybridized carbons (Fsp3) is 0.742. The van der Waals surface area contributed by atoms with Gasteiger partial charge in [-0.15, -0.1) is 22.7 Å². The molecule has 6 nitrogen and oxygen atoms in total. The van der Waals surface area contributed by atoms with E-state index < -0.39 is 0 Å². The van der Waals surface area contributed by atoms with Crippen LogP contribution in [-0.4, -0.2) is 32.2 Å². The molecule has 2 unspecified atom stereocenters. The number of unbranched alkanes of at least 4 members (excludes halogenated alkanes) is 30. The Balaban J connectivity index is 1.28. The van der Waals surface area contributed by atoms with Crippen LogP contribution in [-0.2, 0) is 13.1 Å². The second-order valence-corrected chi connectivity index (χ2v) is 28.3. The fourth-order valence-electron chi connectivity index (χ4n) is 12.2. The van der Waals surface area contributed by atoms with Crippen LogP contribution in [0.3, 0.4) is 0 Å². The standard InChI is InChI=1S/C66H105Br2N5OS2/c1-5-9-13-16-19-22-24-26-29-32-36-41-52(40-35-30-27-21-18-15-11-7-3)50-72-58-48-56-57(71-63-55-47-61(68)76-65(55)64-54(62(63)70-56)46-60(67)75-64)49-59(58)73(66(72)74)51-53(43-38-33-34-39-45-69-44-12-8-4)42-37-31-28-25-23-20-17-14-10-6-2/h46-49,52-53,69H,5-45,50-51H2,1-4H3. The van der Waals surface area contributed by atoms with Crippen LogP contribution in [0.25, 0.3) is 53.3 Å². The SMILES string of the molecule is CCCCCCCCCCCCCC(CCCCCCCCCC)Cn1c(=O)n(CC(CCCCCCCCCCCC)CCCCCCNCCCC)c2cc3nc4c5cc(Br)sc5c5sc(Br)cc5c4nc3cc21. The predicted octanol–water partition coefficient (Wildman–Crippen LogP) is 23.0. The molecule has 0 aliphatic rings. The van der Waals surface area contributed by atoms with Crippen molar-refractivity contribution in [1.82, 2.24) is 24.4 Å². The summed E-state index contributed by atoms with van der Waals surface area (Å²) in [5.41, 5.74) is 5.98. The number of hydrogen-bond donors (Lipinski definition) is 1. The summed E-state index contributed by atoms with van der Waals surface area (Å²) < 4.78 is 9.18. The van der Waals surface area contributed by atoms with E-state index in [9.17, 15) is 0 Å². The molecule has 76 heavy (non-hydrogen) atoms. The van der Waals surface area contributed by atoms with Gasteiger partial charge in [-0.05, 0) is 120 Å². The summed E-state index contributed by atoms with van der Waals surface area (Å²) in [5.74, 6) is 0.963. The number of fused-ring (bicyclic) bond motifs is 8. The first kappa shape index (κ1) is 63.3. The van der Waals surface area contributed by atoms with Gasteiger partial charge in [-0.25, -0.2) is 14.8 Å². The average Bonchev–Trinajstić information content (AvgIpc) is 4.09. The molecule has 0 bridgehead atoms. The highest BCUT2D eigenvalue weighted by atomic mass is 79.9. The largest absolute Gasteiger partial charge is 0.329 e. The van der Waals surface area contributed by atoms with E-state index in [1.165, 1.54) is 260 Å². The highest BCUT2D eigenvalue weighted by molar-refractivity contribution is 9.11. The van der Waals surface area contributed by atoms with Gasteiger partial charge in [-0.2, -0.15) is 0 Å². The lowest BCUT2D eigenvalue weighted by Crippen LogP contribution is -2.29. The lowest BCUT2D eigenvalue weighted by molar-refractivity contribution is 0.340. The van der Waals surface area contributed by atoms with E-state index in [1.807, 2.05) is 0 Å². The molecular weight excluding hydrogens is 1100 g/mol. The third-order valence-electron chi connectivity index (χ3n) is 16.9. The van der Waals surface area contributed by atoms with E-state index in [0.717, 1.165) is 77.6 Å². The molecule has 0 saturated carbocycles. The van der Waals surface area contributed by atoms with Gasteiger partial charge in [0.1, 0.15) is 0 Å². The lowest BCUT2D eigenvalue weighted by Gasteiger charge is -2.19. The molecule has 4 heterocycles. The van der Waals surface area contributed by atoms with E-state index in [0.29, 0.717) is 11.8 Å². The van der Waals surface area contributed by atoms with Gasteiger partial charge >= 0.3 is 5.69 Å². The normalized spacial score (nSPS) is 13.0. The van der Waals surface area contributed by atoms with Crippen molar-refractivity contribution in [2.45, 2.75) is 291 Å². The van der Waals surface area contributed by atoms with Crippen LogP contribution < -0.4 is 11.0 Å². The zero-order valence-electron chi connectivity index (χ0n) is 48.6. The minimum atomic E-state index is 0.189. The molecule has 0 spiro atoms. The number of nitrogens with one attached hydrogen (secondary N) is 1. The number of hydrogen-bond acceptors (Lipinski definition) is 6. The van der Waals surface area contributed by atoms with Crippen LogP contribution >= 0.6 is 54.5 Å². The summed E-state index contributed by atoms with van der Waals surface area (Å²) in [6.45, 7) is 13.1. The number of aromatic nitrogens is 4. The van der Waals surface area contributed by atoms with Crippen molar-refractivity contribution in [3.63, 3.8) is 0 Å². The molecule has 0 aliphatic carbocycles. The van der Waals surface area contributed by atoms with Crippen LogP contribution in [0.15, 0.2) is 36.6 Å². The molecule has 0 amide bonds. The molecule has 4 aromatic heterocycles. The van der Waals surface area contributed by atoms with Gasteiger partial charge in [0, 0.05) is 23.9 Å². The molecule has 426 valence electrons. The number of imidazole rings is 1. The molecule has 0 radical (unpaired) electrons. The van der Waals surface area contributed by atoms with Crippen molar-refractivity contribution in [2.75, 3.05) is 13.1 Å². The minimum Gasteiger partial charge on any atom is -0.317 e. The molecule has 0 saturated heterocycles. The maximum Gasteiger partial charge on any atom is 0.329 e. The highest BCUT2D eigenvalue weighted by Gasteiger charge is 2.23. The molecule has 6 aromatic rings. The zero-order chi connectivity index (χ0) is 53.6. The van der Waals surface area contributed by atoms with Crippen molar-refractivity contribution in [3.8, 4) is 0 Å². The first-order valence-electron chi connectivity index (χ1n) is 32.1. The summed E-state index contributed by atoms with van der Waals surface area (Å²) in [6.07, 6.45) is 51.6. The highest BCUT2D eigenvalue weighted by Crippen LogP contribution is 2.45. The van der Waals surface area contributed by atoms with Gasteiger partial charge in [0.15, 0.2) is 0 Å². The van der Waals surface area contributed by atoms with Gasteiger partial charge in [0.2, 0.25) is 0 Å². The van der Waals surface area contributed by atoms with Crippen molar-refractivity contribution < 1.29 is 0 Å². The summed E-state index contributed by atoms with van der Waals surface area (Å²) >= 11 is 11.2. The summed E-state index contributed by atoms with van der Waals surface area (Å²) in [7, 11) is 0. The first-order chi connectivity index (χ1) is 37.4. The van der Waals surface area contributed by atoms with E-state index in [1.54, 1.807) is 22.7 Å². The average molecular weight is 1210 g/mol. The molecular formula is C66H105Br2N5OS2. The van der Waals surface area contributed by atoms with Gasteiger partial charge in [0.05, 0.1) is 50.1 Å². The molecule has 1 N–H and O–H groups in total. The maximum atomic E-state index is 15.5. The zero-order valence-corrected chi connectivity index (χ0v) is 53.4. The first-order valence-corrected chi connectivity index (χ1v) is 35.3. The second-order valence-electron chi connectivity index (χ2n) is 23.4. The van der Waals surface area contributed by atoms with Crippen molar-refractivity contribution in [2.24, 2.45) is 11.8 Å². The molecule has 0 fully saturated rings. The molecule has 0 aliphatic heterocycles. The molecule has 6 rings (SSSR count). The predicted molar refractivity (Wildman–Crippen MR) is 346 cm³/mol. The summed E-state index contributed by atoms with van der Waals surface area (Å²) in [6, 6.07) is 8.97. The van der Waals surface area contributed by atoms with Gasteiger partial charge in [-0.1, -0.05) is 240 Å². The quantitative estimate of drug-likeness (QED) is 0.0306. The number of halogens is 2. The summed E-state index contributed by atoms with van der Waals surface area (Å²) in [4.78, 5) is 26.6. The summed E-state index contributed by atoms with van der Waals surface area (Å²) in [5, 5.41) is 5.96. The smallest absolute Gasteiger partial charge is 0.317 e. The van der Waals surface area contributed by atoms with Crippen molar-refractivity contribution >= 4 is 108 Å². The third kappa shape index (κ3) is 20.9. The fourth-order valence-corrected chi connectivity index (χ4v) is 15.6. The maximum absolute atomic E-state index is 15.5. The van der Waals surface area contributed by atoms with Crippen molar-refractivity contribution in [1.29, 1.82) is 0 Å². The van der Waals surface area contributed by atoms with E-state index >= 15 is 4.79 Å². The molecule has 2 atom stereocenters. The Kier molecular flexibility index (Phi) is 31.0. The van der Waals surface area contributed by atoms with Gasteiger partial charge in [0.25, 0.3) is 0 Å². The van der Waals surface area contributed by atoms with E-state index in [2.05, 4.69) is 98.3 Å². The van der Waals surface area contributed by atoms with Gasteiger partial charge in [-0.3, -0.25) is 9.13 Å². The number of nitrogens with zero attached hydrogens (tertiary/aromatic N) is 4. The Bertz CT molecular complexity index is 2580. The van der Waals surface area contributed by atoms with Crippen LogP contribution in [0.5, 0.6) is 0 Å². The lowest BCUT2D eigenvalue weighted by atomic mass is 9.93. The van der Waals surface area contributed by atoms with Crippen LogP contribution in [0, 0.1) is 11.8 Å². The third-order valence-corrected chi connectivity index (χ3v) is 20.3. The Morgan fingerprint density at radius 3 is 1.07 bits per heavy atom. The minimum absolute atomic E-state index is 0.189. The Morgan fingerprint density at radius 2 is 0.724 bits per heavy atom. The topological polar surface area (TPSA) is 64.7 Å². The van der Waals surface area contributed by atoms with Crippen LogP contribution in [0.4, 0.5) is 0 Å². The molecule has 2 aromatic carbocycles. The van der Waals surface area contributed by atoms with Crippen molar-refractivity contribution in [3.05, 3.63) is 42.3 Å². The van der Waals surface area contributed by atoms with E-state index in [-0.39, 0.29) is 5.69 Å². The van der Waals surface area contributed by atoms with E-state index in [4.69, 9.17) is 9.97 Å². The van der Waals surface area contributed by atoms with Crippen LogP contribution in [0.2, 0.25) is 0 Å². The molecule has 10 heteroatoms. The van der Waals surface area contributed by atoms with Gasteiger partial charge < -0.3 is 5.32 Å². The number of thiophene rings is 2. The monoisotopic (exact) mass is 1210 g/mol. The Labute approximate surface area is 487 Å². The Hall–Kier alpha value is -1.85.